The summed E-state index contributed by atoms with van der Waals surface area (Å²) in [4.78, 5) is 36.7. The predicted octanol–water partition coefficient (Wildman–Crippen LogP) is 4.07. The van der Waals surface area contributed by atoms with E-state index in [2.05, 4.69) is 10.6 Å². The minimum atomic E-state index is -1.28. The van der Waals surface area contributed by atoms with Gasteiger partial charge in [0.2, 0.25) is 5.91 Å². The predicted molar refractivity (Wildman–Crippen MR) is 136 cm³/mol. The fourth-order valence-corrected chi connectivity index (χ4v) is 3.62. The Labute approximate surface area is 215 Å². The topological polar surface area (TPSA) is 123 Å². The molecule has 3 N–H and O–H groups in total. The molecule has 9 heteroatoms. The van der Waals surface area contributed by atoms with Crippen LogP contribution in [0.25, 0.3) is 0 Å². The first kappa shape index (κ1) is 27.1. The Kier molecular flexibility index (Phi) is 9.90. The summed E-state index contributed by atoms with van der Waals surface area (Å²) in [5, 5.41) is 14.8. The Morgan fingerprint density at radius 2 is 1.32 bits per heavy atom. The maximum atomic E-state index is 12.9. The molecule has 0 heterocycles. The number of hydrogen-bond donors (Lipinski definition) is 3. The number of carbonyl (C=O) groups is 3. The van der Waals surface area contributed by atoms with Crippen LogP contribution in [0.3, 0.4) is 0 Å². The Bertz CT molecular complexity index is 1120. The van der Waals surface area contributed by atoms with Gasteiger partial charge in [0.15, 0.2) is 0 Å². The van der Waals surface area contributed by atoms with Gasteiger partial charge in [-0.2, -0.15) is 0 Å². The molecular formula is C28H30N2O7. The van der Waals surface area contributed by atoms with Crippen molar-refractivity contribution in [1.29, 1.82) is 0 Å². The van der Waals surface area contributed by atoms with Crippen LogP contribution in [-0.2, 0) is 20.9 Å². The molecular weight excluding hydrogens is 476 g/mol. The van der Waals surface area contributed by atoms with E-state index >= 15 is 0 Å². The van der Waals surface area contributed by atoms with Crippen molar-refractivity contribution in [2.24, 2.45) is 0 Å². The van der Waals surface area contributed by atoms with Crippen LogP contribution < -0.4 is 20.1 Å². The van der Waals surface area contributed by atoms with E-state index in [9.17, 15) is 19.5 Å². The molecule has 3 aromatic carbocycles. The van der Waals surface area contributed by atoms with E-state index in [1.807, 2.05) is 30.3 Å². The Hall–Kier alpha value is -4.53. The standard InChI is InChI=1S/C28H30N2O7/c1-35-22-12-8-20(9-13-22)26(21-10-14-23(36-2)15-11-21)30-25(31)17-16-24(27(32)33)29-28(34)37-18-19-6-4-3-5-7-19/h3-15,24,26H,16-18H2,1-2H3,(H,29,34)(H,30,31)(H,32,33)/t24-/m0/s1. The van der Waals surface area contributed by atoms with Gasteiger partial charge in [0.1, 0.15) is 24.1 Å². The number of ether oxygens (including phenoxy) is 3. The fraction of sp³-hybridized carbons (Fsp3) is 0.250. The molecule has 0 saturated heterocycles. The van der Waals surface area contributed by atoms with E-state index in [0.29, 0.717) is 11.5 Å². The third-order valence-corrected chi connectivity index (χ3v) is 5.67. The number of nitrogens with one attached hydrogen (secondary N) is 2. The number of rotatable bonds is 12. The first-order chi connectivity index (χ1) is 17.9. The van der Waals surface area contributed by atoms with Crippen LogP contribution >= 0.6 is 0 Å². The number of carbonyl (C=O) groups excluding carboxylic acids is 2. The first-order valence-corrected chi connectivity index (χ1v) is 11.7. The van der Waals surface area contributed by atoms with Crippen LogP contribution in [0, 0.1) is 0 Å². The normalized spacial score (nSPS) is 11.3. The van der Waals surface area contributed by atoms with E-state index in [1.165, 1.54) is 0 Å². The van der Waals surface area contributed by atoms with E-state index in [4.69, 9.17) is 14.2 Å². The second kappa shape index (κ2) is 13.5. The van der Waals surface area contributed by atoms with Gasteiger partial charge >= 0.3 is 12.1 Å². The van der Waals surface area contributed by atoms with Crippen LogP contribution in [0.2, 0.25) is 0 Å². The van der Waals surface area contributed by atoms with Crippen molar-refractivity contribution in [3.05, 3.63) is 95.6 Å². The van der Waals surface area contributed by atoms with Crippen molar-refractivity contribution in [2.75, 3.05) is 14.2 Å². The van der Waals surface area contributed by atoms with Crippen molar-refractivity contribution < 1.29 is 33.7 Å². The molecule has 0 bridgehead atoms. The molecule has 3 aromatic rings. The van der Waals surface area contributed by atoms with Crippen LogP contribution in [0.15, 0.2) is 78.9 Å². The molecule has 0 radical (unpaired) electrons. The average Bonchev–Trinajstić information content (AvgIpc) is 2.93. The van der Waals surface area contributed by atoms with E-state index in [1.54, 1.807) is 62.8 Å². The lowest BCUT2D eigenvalue weighted by Gasteiger charge is -2.21. The van der Waals surface area contributed by atoms with Crippen molar-refractivity contribution in [3.8, 4) is 11.5 Å². The molecule has 0 saturated carbocycles. The SMILES string of the molecule is COc1ccc(C(NC(=O)CC[C@H](NC(=O)OCc2ccccc2)C(=O)O)c2ccc(OC)cc2)cc1. The van der Waals surface area contributed by atoms with Crippen LogP contribution in [0.5, 0.6) is 11.5 Å². The van der Waals surface area contributed by atoms with E-state index < -0.39 is 24.1 Å². The van der Waals surface area contributed by atoms with Crippen molar-refractivity contribution in [2.45, 2.75) is 31.5 Å². The Balaban J connectivity index is 1.62. The average molecular weight is 507 g/mol. The molecule has 3 rings (SSSR count). The molecule has 0 unspecified atom stereocenters. The largest absolute Gasteiger partial charge is 0.497 e. The van der Waals surface area contributed by atoms with Gasteiger partial charge in [0.25, 0.3) is 0 Å². The second-order valence-electron chi connectivity index (χ2n) is 8.18. The lowest BCUT2D eigenvalue weighted by molar-refractivity contribution is -0.139. The molecule has 0 spiro atoms. The third kappa shape index (κ3) is 8.28. The van der Waals surface area contributed by atoms with Crippen molar-refractivity contribution in [3.63, 3.8) is 0 Å². The summed E-state index contributed by atoms with van der Waals surface area (Å²) in [5.74, 6) is -0.273. The van der Waals surface area contributed by atoms with Gasteiger partial charge in [-0.05, 0) is 47.4 Å². The van der Waals surface area contributed by atoms with Gasteiger partial charge < -0.3 is 30.0 Å². The fourth-order valence-electron chi connectivity index (χ4n) is 3.62. The molecule has 0 aliphatic heterocycles. The molecule has 1 atom stereocenters. The highest BCUT2D eigenvalue weighted by molar-refractivity contribution is 5.82. The zero-order chi connectivity index (χ0) is 26.6. The van der Waals surface area contributed by atoms with E-state index in [-0.39, 0.29) is 25.4 Å². The van der Waals surface area contributed by atoms with Crippen LogP contribution in [-0.4, -0.2) is 43.3 Å². The summed E-state index contributed by atoms with van der Waals surface area (Å²) in [7, 11) is 3.14. The molecule has 9 nitrogen and oxygen atoms in total. The molecule has 0 aromatic heterocycles. The summed E-state index contributed by atoms with van der Waals surface area (Å²) < 4.78 is 15.5. The molecule has 0 fully saturated rings. The summed E-state index contributed by atoms with van der Waals surface area (Å²) in [6.07, 6.45) is -1.11. The van der Waals surface area contributed by atoms with Gasteiger partial charge in [0, 0.05) is 6.42 Å². The first-order valence-electron chi connectivity index (χ1n) is 11.7. The zero-order valence-corrected chi connectivity index (χ0v) is 20.7. The highest BCUT2D eigenvalue weighted by Crippen LogP contribution is 2.26. The van der Waals surface area contributed by atoms with Gasteiger partial charge in [-0.1, -0.05) is 54.6 Å². The van der Waals surface area contributed by atoms with Crippen LogP contribution in [0.4, 0.5) is 4.79 Å². The smallest absolute Gasteiger partial charge is 0.408 e. The zero-order valence-electron chi connectivity index (χ0n) is 20.7. The molecule has 194 valence electrons. The molecule has 2 amide bonds. The number of amides is 2. The minimum absolute atomic E-state index is 0.00486. The molecule has 0 aliphatic carbocycles. The van der Waals surface area contributed by atoms with Gasteiger partial charge in [-0.15, -0.1) is 0 Å². The third-order valence-electron chi connectivity index (χ3n) is 5.67. The number of benzene rings is 3. The summed E-state index contributed by atoms with van der Waals surface area (Å²) in [6, 6.07) is 21.8. The summed E-state index contributed by atoms with van der Waals surface area (Å²) >= 11 is 0. The number of carboxylic acids is 1. The monoisotopic (exact) mass is 506 g/mol. The number of carboxylic acid groups (broad SMARTS) is 1. The van der Waals surface area contributed by atoms with Crippen molar-refractivity contribution >= 4 is 18.0 Å². The van der Waals surface area contributed by atoms with E-state index in [0.717, 1.165) is 16.7 Å². The van der Waals surface area contributed by atoms with Crippen LogP contribution in [0.1, 0.15) is 35.6 Å². The summed E-state index contributed by atoms with van der Waals surface area (Å²) in [6.45, 7) is 0.00486. The second-order valence-corrected chi connectivity index (χ2v) is 8.18. The highest BCUT2D eigenvalue weighted by atomic mass is 16.5. The quantitative estimate of drug-likeness (QED) is 0.338. The maximum Gasteiger partial charge on any atom is 0.408 e. The number of methoxy groups -OCH3 is 2. The maximum absolute atomic E-state index is 12.9. The van der Waals surface area contributed by atoms with Gasteiger partial charge in [-0.3, -0.25) is 4.79 Å². The van der Waals surface area contributed by atoms with Gasteiger partial charge in [0.05, 0.1) is 20.3 Å². The lowest BCUT2D eigenvalue weighted by atomic mass is 9.98. The summed E-state index contributed by atoms with van der Waals surface area (Å²) in [5.41, 5.74) is 2.40. The Morgan fingerprint density at radius 1 is 0.784 bits per heavy atom. The minimum Gasteiger partial charge on any atom is -0.497 e. The molecule has 37 heavy (non-hydrogen) atoms. The molecule has 0 aliphatic rings. The van der Waals surface area contributed by atoms with Crippen molar-refractivity contribution in [1.82, 2.24) is 10.6 Å². The number of aliphatic carboxylic acids is 1. The number of hydrogen-bond acceptors (Lipinski definition) is 6. The number of alkyl carbamates (subject to hydrolysis) is 1. The highest BCUT2D eigenvalue weighted by Gasteiger charge is 2.23. The Morgan fingerprint density at radius 3 is 1.81 bits per heavy atom. The lowest BCUT2D eigenvalue weighted by Crippen LogP contribution is -2.42. The van der Waals surface area contributed by atoms with Gasteiger partial charge in [-0.25, -0.2) is 9.59 Å².